The molecule has 0 unspecified atom stereocenters. The van der Waals surface area contributed by atoms with E-state index in [0.717, 1.165) is 6.07 Å². The summed E-state index contributed by atoms with van der Waals surface area (Å²) in [6.07, 6.45) is 3.05. The number of allylic oxidation sites excluding steroid dienone is 1. The van der Waals surface area contributed by atoms with E-state index in [1.807, 2.05) is 0 Å². The number of rotatable bonds is 5. The number of benzene rings is 2. The van der Waals surface area contributed by atoms with E-state index in [1.165, 1.54) is 29.4 Å². The number of amides is 1. The van der Waals surface area contributed by atoms with E-state index in [1.54, 1.807) is 32.1 Å². The summed E-state index contributed by atoms with van der Waals surface area (Å²) in [6.45, 7) is 2.67. The Hall–Kier alpha value is -4.01. The van der Waals surface area contributed by atoms with E-state index in [0.29, 0.717) is 22.4 Å². The maximum Gasteiger partial charge on any atom is 0.322 e. The van der Waals surface area contributed by atoms with Gasteiger partial charge in [-0.15, -0.1) is 0 Å². The van der Waals surface area contributed by atoms with Crippen LogP contribution in [-0.2, 0) is 9.59 Å². The fourth-order valence-electron chi connectivity index (χ4n) is 3.28. The number of nitrogens with one attached hydrogen (secondary N) is 1. The summed E-state index contributed by atoms with van der Waals surface area (Å²) < 4.78 is 27.4. The minimum absolute atomic E-state index is 0.246. The van der Waals surface area contributed by atoms with Crippen LogP contribution in [0.25, 0.3) is 22.6 Å². The van der Waals surface area contributed by atoms with Crippen LogP contribution in [0.3, 0.4) is 0 Å². The number of carbonyl (C=O) groups excluding carboxylic acids is 1. The molecule has 0 saturated heterocycles. The van der Waals surface area contributed by atoms with Crippen LogP contribution in [0.1, 0.15) is 25.0 Å². The zero-order chi connectivity index (χ0) is 22.7. The normalized spacial score (nSPS) is 14.8. The first-order chi connectivity index (χ1) is 14.8. The van der Waals surface area contributed by atoms with Gasteiger partial charge in [0.15, 0.2) is 11.5 Å². The first-order valence-electron chi connectivity index (χ1n) is 9.26. The second kappa shape index (κ2) is 8.78. The van der Waals surface area contributed by atoms with Gasteiger partial charge in [-0.1, -0.05) is 12.1 Å². The number of aliphatic hydroxyl groups is 1. The molecule has 0 aromatic heterocycles. The van der Waals surface area contributed by atoms with E-state index in [9.17, 15) is 23.5 Å². The first-order valence-corrected chi connectivity index (χ1v) is 9.26. The van der Waals surface area contributed by atoms with Crippen LogP contribution in [-0.4, -0.2) is 39.9 Å². The maximum atomic E-state index is 13.7. The summed E-state index contributed by atoms with van der Waals surface area (Å²) in [7, 11) is 0. The molecule has 1 aliphatic heterocycles. The number of carboxylic acid groups (broad SMARTS) is 1. The molecular weight excluding hydrogens is 408 g/mol. The Bertz CT molecular complexity index is 1140. The zero-order valence-corrected chi connectivity index (χ0v) is 16.7. The third kappa shape index (κ3) is 4.30. The number of aliphatic hydroxyl groups excluding tert-OH is 1. The number of aliphatic carboxylic acids is 1. The van der Waals surface area contributed by atoms with Gasteiger partial charge in [-0.3, -0.25) is 9.59 Å². The van der Waals surface area contributed by atoms with Crippen LogP contribution in [0.2, 0.25) is 0 Å². The van der Waals surface area contributed by atoms with E-state index in [-0.39, 0.29) is 11.3 Å². The van der Waals surface area contributed by atoms with Crippen LogP contribution >= 0.6 is 0 Å². The smallest absolute Gasteiger partial charge is 0.322 e. The van der Waals surface area contributed by atoms with Crippen LogP contribution < -0.4 is 5.32 Å². The quantitative estimate of drug-likeness (QED) is 0.631. The molecule has 9 heteroatoms. The lowest BCUT2D eigenvalue weighted by atomic mass is 9.92. The Kier molecular flexibility index (Phi) is 6.15. The summed E-state index contributed by atoms with van der Waals surface area (Å²) in [6, 6.07) is 7.84. The van der Waals surface area contributed by atoms with Gasteiger partial charge >= 0.3 is 5.97 Å². The Morgan fingerprint density at radius 3 is 2.32 bits per heavy atom. The highest BCUT2D eigenvalue weighted by molar-refractivity contribution is 6.04. The number of carboxylic acids is 1. The van der Waals surface area contributed by atoms with Crippen molar-refractivity contribution in [3.8, 4) is 11.1 Å². The van der Waals surface area contributed by atoms with Gasteiger partial charge in [0, 0.05) is 23.4 Å². The second-order valence-corrected chi connectivity index (χ2v) is 6.55. The molecule has 31 heavy (non-hydrogen) atoms. The predicted molar refractivity (Wildman–Crippen MR) is 112 cm³/mol. The third-order valence-electron chi connectivity index (χ3n) is 4.53. The van der Waals surface area contributed by atoms with Gasteiger partial charge in [-0.2, -0.15) is 5.10 Å². The SMILES string of the molecule is C/C=N\N1C(C(=O)NCC(=O)O)=C(O)c2ccc(-c3cc(F)cc(F)c3)cc2/C1=C\C. The van der Waals surface area contributed by atoms with Crippen LogP contribution in [0.15, 0.2) is 53.3 Å². The van der Waals surface area contributed by atoms with Gasteiger partial charge in [-0.05, 0) is 49.2 Å². The largest absolute Gasteiger partial charge is 0.505 e. The second-order valence-electron chi connectivity index (χ2n) is 6.55. The summed E-state index contributed by atoms with van der Waals surface area (Å²) in [5, 5.41) is 27.2. The lowest BCUT2D eigenvalue weighted by molar-refractivity contribution is -0.137. The molecular formula is C22H19F2N3O4. The average Bonchev–Trinajstić information content (AvgIpc) is 2.71. The van der Waals surface area contributed by atoms with Gasteiger partial charge < -0.3 is 15.5 Å². The number of fused-ring (bicyclic) bond motifs is 1. The lowest BCUT2D eigenvalue weighted by Crippen LogP contribution is -2.37. The van der Waals surface area contributed by atoms with Crippen molar-refractivity contribution in [1.29, 1.82) is 0 Å². The minimum Gasteiger partial charge on any atom is -0.505 e. The Balaban J connectivity index is 2.18. The highest BCUT2D eigenvalue weighted by Crippen LogP contribution is 2.39. The fraction of sp³-hybridized carbons (Fsp3) is 0.136. The molecule has 1 amide bonds. The summed E-state index contributed by atoms with van der Waals surface area (Å²) in [5.41, 5.74) is 1.73. The summed E-state index contributed by atoms with van der Waals surface area (Å²) in [4.78, 5) is 23.4. The highest BCUT2D eigenvalue weighted by atomic mass is 19.1. The summed E-state index contributed by atoms with van der Waals surface area (Å²) >= 11 is 0. The van der Waals surface area contributed by atoms with Crippen molar-refractivity contribution in [2.75, 3.05) is 6.54 Å². The summed E-state index contributed by atoms with van der Waals surface area (Å²) in [5.74, 6) is -3.93. The molecule has 0 radical (unpaired) electrons. The van der Waals surface area contributed by atoms with Crippen molar-refractivity contribution in [3.63, 3.8) is 0 Å². The van der Waals surface area contributed by atoms with Crippen molar-refractivity contribution in [1.82, 2.24) is 10.3 Å². The first kappa shape index (κ1) is 21.7. The van der Waals surface area contributed by atoms with Crippen LogP contribution in [0.5, 0.6) is 0 Å². The number of nitrogens with zero attached hydrogens (tertiary/aromatic N) is 2. The van der Waals surface area contributed by atoms with E-state index in [2.05, 4.69) is 10.4 Å². The molecule has 7 nitrogen and oxygen atoms in total. The molecule has 1 heterocycles. The zero-order valence-electron chi connectivity index (χ0n) is 16.7. The Morgan fingerprint density at radius 1 is 1.06 bits per heavy atom. The number of halogens is 2. The molecule has 0 spiro atoms. The molecule has 2 aromatic rings. The number of hydrogen-bond acceptors (Lipinski definition) is 5. The average molecular weight is 427 g/mol. The van der Waals surface area contributed by atoms with Crippen molar-refractivity contribution >= 4 is 29.5 Å². The van der Waals surface area contributed by atoms with Crippen molar-refractivity contribution < 1.29 is 28.6 Å². The Labute approximate surface area is 176 Å². The number of carbonyl (C=O) groups is 2. The van der Waals surface area contributed by atoms with Gasteiger partial charge in [0.1, 0.15) is 18.2 Å². The van der Waals surface area contributed by atoms with Gasteiger partial charge in [0.25, 0.3) is 5.91 Å². The molecule has 0 aliphatic carbocycles. The van der Waals surface area contributed by atoms with E-state index in [4.69, 9.17) is 5.11 Å². The fourth-order valence-corrected chi connectivity index (χ4v) is 3.28. The molecule has 160 valence electrons. The molecule has 0 bridgehead atoms. The molecule has 2 aromatic carbocycles. The van der Waals surface area contributed by atoms with Crippen molar-refractivity contribution in [2.24, 2.45) is 5.10 Å². The van der Waals surface area contributed by atoms with Gasteiger partial charge in [0.2, 0.25) is 0 Å². The monoisotopic (exact) mass is 427 g/mol. The van der Waals surface area contributed by atoms with Crippen molar-refractivity contribution in [2.45, 2.75) is 13.8 Å². The standard InChI is InChI=1S/C22H19F2N3O4/c1-3-18-17-9-12(13-7-14(23)10-15(24)8-13)5-6-16(17)21(30)20(27(18)26-4-2)22(31)25-11-19(28)29/h3-10,30H,11H2,1-2H3,(H,25,31)(H,28,29)/b18-3+,26-4-. The van der Waals surface area contributed by atoms with Crippen molar-refractivity contribution in [3.05, 3.63) is 70.9 Å². The van der Waals surface area contributed by atoms with Crippen LogP contribution in [0, 0.1) is 11.6 Å². The van der Waals surface area contributed by atoms with Gasteiger partial charge in [-0.25, -0.2) is 13.8 Å². The number of hydrazone groups is 1. The van der Waals surface area contributed by atoms with E-state index >= 15 is 0 Å². The molecule has 0 saturated carbocycles. The number of hydrogen-bond donors (Lipinski definition) is 3. The molecule has 0 atom stereocenters. The van der Waals surface area contributed by atoms with E-state index < -0.39 is 35.8 Å². The third-order valence-corrected chi connectivity index (χ3v) is 4.53. The highest BCUT2D eigenvalue weighted by Gasteiger charge is 2.33. The minimum atomic E-state index is -1.24. The molecule has 0 fully saturated rings. The Morgan fingerprint density at radius 2 is 1.74 bits per heavy atom. The van der Waals surface area contributed by atoms with Crippen LogP contribution in [0.4, 0.5) is 8.78 Å². The molecule has 3 N–H and O–H groups in total. The maximum absolute atomic E-state index is 13.7. The molecule has 3 rings (SSSR count). The van der Waals surface area contributed by atoms with Gasteiger partial charge in [0.05, 0.1) is 5.70 Å². The molecule has 1 aliphatic rings. The lowest BCUT2D eigenvalue weighted by Gasteiger charge is -2.31. The topological polar surface area (TPSA) is 102 Å². The predicted octanol–water partition coefficient (Wildman–Crippen LogP) is 3.74.